The van der Waals surface area contributed by atoms with E-state index < -0.39 is 5.60 Å². The molecule has 0 amide bonds. The standard InChI is InChI=1S/C32H37N7O3/c1-4-12-38-30(40)26-18-33-31(36-29(26)39(38)27-6-5-21-7-11-32(2,41)28(21)35-27)34-23-16-22-19-37(3)13-8-24(22)25(17-23)20-9-14-42-15-10-20/h4-6,16-18,20,41H,1,7-15,19H2,2-3H3,(H,33,34,36). The van der Waals surface area contributed by atoms with Crippen molar-refractivity contribution < 1.29 is 9.84 Å². The van der Waals surface area contributed by atoms with Crippen LogP contribution in [0.1, 0.15) is 60.1 Å². The summed E-state index contributed by atoms with van der Waals surface area (Å²) in [5, 5.41) is 14.8. The minimum atomic E-state index is -1.01. The number of hydrogen-bond donors (Lipinski definition) is 2. The Hall–Kier alpha value is -3.86. The average Bonchev–Trinajstić information content (AvgIpc) is 3.44. The van der Waals surface area contributed by atoms with E-state index in [0.717, 1.165) is 63.2 Å². The molecular weight excluding hydrogens is 530 g/mol. The molecule has 1 aromatic carbocycles. The predicted octanol–water partition coefficient (Wildman–Crippen LogP) is 3.94. The van der Waals surface area contributed by atoms with Crippen LogP contribution in [0.4, 0.5) is 11.6 Å². The maximum Gasteiger partial charge on any atom is 0.278 e. The second-order valence-corrected chi connectivity index (χ2v) is 12.1. The number of fused-ring (bicyclic) bond motifs is 3. The van der Waals surface area contributed by atoms with Crippen LogP contribution >= 0.6 is 0 Å². The smallest absolute Gasteiger partial charge is 0.278 e. The highest BCUT2D eigenvalue weighted by molar-refractivity contribution is 5.77. The SMILES string of the molecule is C=CCn1c(=O)c2cnc(Nc3cc4c(c(C5CCOCC5)c3)CCN(C)C4)nc2n1-c1ccc2c(n1)C(C)(O)CC2. The van der Waals surface area contributed by atoms with Gasteiger partial charge in [0, 0.05) is 38.2 Å². The van der Waals surface area contributed by atoms with Crippen molar-refractivity contribution in [1.82, 2.24) is 29.2 Å². The molecule has 7 rings (SSSR count). The number of nitrogens with one attached hydrogen (secondary N) is 1. The molecule has 1 aliphatic carbocycles. The highest BCUT2D eigenvalue weighted by Gasteiger charge is 2.34. The lowest BCUT2D eigenvalue weighted by molar-refractivity contribution is 0.0553. The first-order valence-electron chi connectivity index (χ1n) is 14.8. The first kappa shape index (κ1) is 27.0. The topological polar surface area (TPSA) is 110 Å². The molecule has 0 bridgehead atoms. The molecule has 10 nitrogen and oxygen atoms in total. The van der Waals surface area contributed by atoms with E-state index in [1.807, 2.05) is 12.1 Å². The summed E-state index contributed by atoms with van der Waals surface area (Å²) in [5.41, 5.74) is 6.03. The highest BCUT2D eigenvalue weighted by Crippen LogP contribution is 2.37. The summed E-state index contributed by atoms with van der Waals surface area (Å²) in [6, 6.07) is 8.33. The van der Waals surface area contributed by atoms with Crippen LogP contribution in [0.5, 0.6) is 0 Å². The van der Waals surface area contributed by atoms with Gasteiger partial charge >= 0.3 is 0 Å². The molecule has 218 valence electrons. The summed E-state index contributed by atoms with van der Waals surface area (Å²) >= 11 is 0. The van der Waals surface area contributed by atoms with Gasteiger partial charge in [0.2, 0.25) is 5.95 Å². The van der Waals surface area contributed by atoms with Crippen LogP contribution < -0.4 is 10.9 Å². The van der Waals surface area contributed by atoms with Crippen LogP contribution in [0, 0.1) is 0 Å². The fraction of sp³-hybridized carbons (Fsp3) is 0.438. The van der Waals surface area contributed by atoms with Gasteiger partial charge in [-0.2, -0.15) is 4.98 Å². The Bertz CT molecular complexity index is 1750. The Balaban J connectivity index is 1.32. The van der Waals surface area contributed by atoms with Crippen LogP contribution in [0.15, 0.2) is 47.9 Å². The molecule has 0 spiro atoms. The van der Waals surface area contributed by atoms with Crippen molar-refractivity contribution in [2.75, 3.05) is 32.1 Å². The largest absolute Gasteiger partial charge is 0.384 e. The molecule has 2 N–H and O–H groups in total. The van der Waals surface area contributed by atoms with Gasteiger partial charge < -0.3 is 20.1 Å². The third-order valence-corrected chi connectivity index (χ3v) is 9.03. The zero-order valence-electron chi connectivity index (χ0n) is 24.3. The Kier molecular flexibility index (Phi) is 6.72. The van der Waals surface area contributed by atoms with E-state index in [0.29, 0.717) is 40.8 Å². The monoisotopic (exact) mass is 567 g/mol. The molecular formula is C32H37N7O3. The van der Waals surface area contributed by atoms with Crippen molar-refractivity contribution in [3.05, 3.63) is 81.4 Å². The summed E-state index contributed by atoms with van der Waals surface area (Å²) in [6.45, 7) is 9.46. The summed E-state index contributed by atoms with van der Waals surface area (Å²) in [6.07, 6.45) is 7.74. The van der Waals surface area contributed by atoms with Gasteiger partial charge in [-0.05, 0) is 92.4 Å². The number of hydrogen-bond acceptors (Lipinski definition) is 8. The molecule has 1 atom stereocenters. The van der Waals surface area contributed by atoms with Gasteiger partial charge in [0.05, 0.1) is 12.2 Å². The quantitative estimate of drug-likeness (QED) is 0.337. The zero-order valence-corrected chi connectivity index (χ0v) is 24.3. The Morgan fingerprint density at radius 3 is 2.83 bits per heavy atom. The second kappa shape index (κ2) is 10.4. The number of likely N-dealkylation sites (N-methyl/N-ethyl adjacent to an activating group) is 1. The van der Waals surface area contributed by atoms with Crippen molar-refractivity contribution in [3.63, 3.8) is 0 Å². The van der Waals surface area contributed by atoms with Crippen molar-refractivity contribution in [1.29, 1.82) is 0 Å². The van der Waals surface area contributed by atoms with Crippen molar-refractivity contribution in [2.24, 2.45) is 0 Å². The summed E-state index contributed by atoms with van der Waals surface area (Å²) < 4.78 is 8.94. The van der Waals surface area contributed by atoms with Crippen LogP contribution in [-0.2, 0) is 36.3 Å². The maximum atomic E-state index is 13.5. The van der Waals surface area contributed by atoms with Crippen LogP contribution in [0.3, 0.4) is 0 Å². The lowest BCUT2D eigenvalue weighted by Crippen LogP contribution is -2.28. The minimum Gasteiger partial charge on any atom is -0.384 e. The third-order valence-electron chi connectivity index (χ3n) is 9.03. The zero-order chi connectivity index (χ0) is 29.0. The number of rotatable bonds is 6. The van der Waals surface area contributed by atoms with Gasteiger partial charge in [-0.1, -0.05) is 12.1 Å². The van der Waals surface area contributed by atoms with Gasteiger partial charge in [-0.3, -0.25) is 4.79 Å². The second-order valence-electron chi connectivity index (χ2n) is 12.1. The van der Waals surface area contributed by atoms with Gasteiger partial charge in [0.1, 0.15) is 11.0 Å². The minimum absolute atomic E-state index is 0.218. The molecule has 5 heterocycles. The Labute approximate surface area is 244 Å². The van der Waals surface area contributed by atoms with Crippen LogP contribution in [0.25, 0.3) is 16.9 Å². The summed E-state index contributed by atoms with van der Waals surface area (Å²) in [4.78, 5) is 30.1. The molecule has 42 heavy (non-hydrogen) atoms. The Morgan fingerprint density at radius 1 is 1.19 bits per heavy atom. The number of aryl methyl sites for hydroxylation is 1. The first-order chi connectivity index (χ1) is 20.3. The number of pyridine rings is 1. The number of benzene rings is 1. The van der Waals surface area contributed by atoms with E-state index in [2.05, 4.69) is 41.0 Å². The molecule has 3 aromatic heterocycles. The predicted molar refractivity (Wildman–Crippen MR) is 162 cm³/mol. The van der Waals surface area contributed by atoms with Crippen LogP contribution in [-0.4, -0.2) is 61.1 Å². The number of anilines is 2. The van der Waals surface area contributed by atoms with Gasteiger partial charge in [0.25, 0.3) is 5.56 Å². The number of nitrogens with zero attached hydrogens (tertiary/aromatic N) is 6. The molecule has 10 heteroatoms. The number of allylic oxidation sites excluding steroid dienone is 1. The lowest BCUT2D eigenvalue weighted by atomic mass is 9.83. The average molecular weight is 568 g/mol. The first-order valence-corrected chi connectivity index (χ1v) is 14.8. The number of aliphatic hydroxyl groups is 1. The molecule has 4 aromatic rings. The van der Waals surface area contributed by atoms with Crippen LogP contribution in [0.2, 0.25) is 0 Å². The van der Waals surface area contributed by atoms with E-state index in [4.69, 9.17) is 14.7 Å². The molecule has 0 saturated carbocycles. The van der Waals surface area contributed by atoms with E-state index in [-0.39, 0.29) is 12.1 Å². The molecule has 3 aliphatic rings. The maximum absolute atomic E-state index is 13.5. The van der Waals surface area contributed by atoms with E-state index in [9.17, 15) is 9.90 Å². The van der Waals surface area contributed by atoms with Gasteiger partial charge in [-0.15, -0.1) is 6.58 Å². The van der Waals surface area contributed by atoms with Gasteiger partial charge in [0.15, 0.2) is 11.5 Å². The fourth-order valence-electron chi connectivity index (χ4n) is 6.82. The third kappa shape index (κ3) is 4.63. The van der Waals surface area contributed by atoms with Crippen molar-refractivity contribution in [3.8, 4) is 5.82 Å². The number of ether oxygens (including phenoxy) is 1. The van der Waals surface area contributed by atoms with E-state index in [1.165, 1.54) is 16.7 Å². The van der Waals surface area contributed by atoms with E-state index in [1.54, 1.807) is 28.6 Å². The molecule has 1 fully saturated rings. The summed E-state index contributed by atoms with van der Waals surface area (Å²) in [7, 11) is 2.16. The van der Waals surface area contributed by atoms with Crippen molar-refractivity contribution >= 4 is 22.7 Å². The molecule has 1 saturated heterocycles. The van der Waals surface area contributed by atoms with E-state index >= 15 is 0 Å². The molecule has 1 unspecified atom stereocenters. The molecule has 2 aliphatic heterocycles. The molecule has 0 radical (unpaired) electrons. The van der Waals surface area contributed by atoms with Crippen molar-refractivity contribution in [2.45, 2.75) is 63.6 Å². The summed E-state index contributed by atoms with van der Waals surface area (Å²) in [5.74, 6) is 1.40. The van der Waals surface area contributed by atoms with Gasteiger partial charge in [-0.25, -0.2) is 19.3 Å². The highest BCUT2D eigenvalue weighted by atomic mass is 16.5. The fourth-order valence-corrected chi connectivity index (χ4v) is 6.82. The number of aromatic nitrogens is 5. The normalized spacial score (nSPS) is 20.9. The lowest BCUT2D eigenvalue weighted by Gasteiger charge is -2.31. The Morgan fingerprint density at radius 2 is 2.02 bits per heavy atom.